The maximum Gasteiger partial charge on any atom is 0.134 e. The molecule has 1 aromatic carbocycles. The van der Waals surface area contributed by atoms with Crippen LogP contribution in [0.5, 0.6) is 0 Å². The Kier molecular flexibility index (Phi) is 3.39. The van der Waals surface area contributed by atoms with Gasteiger partial charge in [0.15, 0.2) is 0 Å². The van der Waals surface area contributed by atoms with E-state index in [1.807, 2.05) is 0 Å². The van der Waals surface area contributed by atoms with Crippen LogP contribution in [-0.4, -0.2) is 9.97 Å². The van der Waals surface area contributed by atoms with Crippen molar-refractivity contribution in [1.82, 2.24) is 9.97 Å². The van der Waals surface area contributed by atoms with Gasteiger partial charge in [0, 0.05) is 14.4 Å². The molecule has 0 atom stereocenters. The zero-order chi connectivity index (χ0) is 12.6. The Labute approximate surface area is 116 Å². The molecule has 0 spiro atoms. The lowest BCUT2D eigenvalue weighted by Crippen LogP contribution is -2.17. The smallest absolute Gasteiger partial charge is 0.134 e. The Morgan fingerprint density at radius 1 is 1.18 bits per heavy atom. The van der Waals surface area contributed by atoms with Crippen molar-refractivity contribution in [2.75, 3.05) is 0 Å². The molecule has 0 bridgehead atoms. The van der Waals surface area contributed by atoms with Crippen LogP contribution in [0.4, 0.5) is 0 Å². The summed E-state index contributed by atoms with van der Waals surface area (Å²) < 4.78 is 1.23. The van der Waals surface area contributed by atoms with Crippen molar-refractivity contribution in [3.63, 3.8) is 0 Å². The standard InChI is InChI=1S/C14H17IN2/c1-5-11-10-8-9(15)6-7-12(10)17-13(16-11)14(2,3)4/h6-8H,5H2,1-4H3. The molecular formula is C14H17IN2. The molecule has 0 amide bonds. The topological polar surface area (TPSA) is 25.8 Å². The molecule has 0 saturated heterocycles. The fourth-order valence-corrected chi connectivity index (χ4v) is 2.26. The van der Waals surface area contributed by atoms with Crippen LogP contribution >= 0.6 is 22.6 Å². The highest BCUT2D eigenvalue weighted by Crippen LogP contribution is 2.24. The third kappa shape index (κ3) is 2.59. The van der Waals surface area contributed by atoms with Crippen LogP contribution in [0.1, 0.15) is 39.2 Å². The molecule has 0 aliphatic carbocycles. The fourth-order valence-electron chi connectivity index (χ4n) is 1.77. The van der Waals surface area contributed by atoms with E-state index in [4.69, 9.17) is 4.98 Å². The molecule has 1 heterocycles. The predicted octanol–water partition coefficient (Wildman–Crippen LogP) is 4.09. The van der Waals surface area contributed by atoms with E-state index in [0.29, 0.717) is 0 Å². The van der Waals surface area contributed by atoms with Crippen LogP contribution in [-0.2, 0) is 11.8 Å². The van der Waals surface area contributed by atoms with Crippen molar-refractivity contribution in [3.05, 3.63) is 33.3 Å². The molecule has 1 aromatic heterocycles. The Balaban J connectivity index is 2.75. The van der Waals surface area contributed by atoms with Gasteiger partial charge in [-0.25, -0.2) is 9.97 Å². The van der Waals surface area contributed by atoms with Gasteiger partial charge in [-0.3, -0.25) is 0 Å². The molecule has 0 aliphatic rings. The highest BCUT2D eigenvalue weighted by Gasteiger charge is 2.19. The van der Waals surface area contributed by atoms with Gasteiger partial charge in [0.1, 0.15) is 5.82 Å². The fraction of sp³-hybridized carbons (Fsp3) is 0.429. The van der Waals surface area contributed by atoms with Crippen molar-refractivity contribution < 1.29 is 0 Å². The largest absolute Gasteiger partial charge is 0.237 e. The number of halogens is 1. The SMILES string of the molecule is CCc1nc(C(C)(C)C)nc2ccc(I)cc12. The summed E-state index contributed by atoms with van der Waals surface area (Å²) in [4.78, 5) is 9.40. The summed E-state index contributed by atoms with van der Waals surface area (Å²) in [6.45, 7) is 8.61. The second-order valence-corrected chi connectivity index (χ2v) is 6.50. The highest BCUT2D eigenvalue weighted by atomic mass is 127. The zero-order valence-electron chi connectivity index (χ0n) is 10.7. The molecule has 2 nitrogen and oxygen atoms in total. The minimum absolute atomic E-state index is 0.00110. The van der Waals surface area contributed by atoms with Crippen molar-refractivity contribution in [2.45, 2.75) is 39.5 Å². The molecule has 3 heteroatoms. The van der Waals surface area contributed by atoms with E-state index in [1.165, 1.54) is 8.96 Å². The lowest BCUT2D eigenvalue weighted by molar-refractivity contribution is 0.545. The van der Waals surface area contributed by atoms with E-state index in [9.17, 15) is 0 Å². The van der Waals surface area contributed by atoms with Gasteiger partial charge >= 0.3 is 0 Å². The summed E-state index contributed by atoms with van der Waals surface area (Å²) in [7, 11) is 0. The van der Waals surface area contributed by atoms with E-state index in [2.05, 4.69) is 73.5 Å². The number of rotatable bonds is 1. The Morgan fingerprint density at radius 2 is 1.88 bits per heavy atom. The van der Waals surface area contributed by atoms with E-state index < -0.39 is 0 Å². The van der Waals surface area contributed by atoms with E-state index in [-0.39, 0.29) is 5.41 Å². The van der Waals surface area contributed by atoms with E-state index in [0.717, 1.165) is 23.5 Å². The molecule has 0 fully saturated rings. The molecule has 2 rings (SSSR count). The molecule has 2 aromatic rings. The zero-order valence-corrected chi connectivity index (χ0v) is 12.9. The Hall–Kier alpha value is -0.710. The Bertz CT molecular complexity index is 556. The first kappa shape index (κ1) is 12.7. The minimum atomic E-state index is 0.00110. The molecule has 0 aliphatic heterocycles. The van der Waals surface area contributed by atoms with Gasteiger partial charge in [-0.05, 0) is 47.2 Å². The lowest BCUT2D eigenvalue weighted by atomic mass is 9.95. The van der Waals surface area contributed by atoms with Crippen LogP contribution in [0.15, 0.2) is 18.2 Å². The molecule has 0 radical (unpaired) electrons. The summed E-state index contributed by atoms with van der Waals surface area (Å²) in [5, 5.41) is 1.19. The van der Waals surface area contributed by atoms with Gasteiger partial charge < -0.3 is 0 Å². The number of aryl methyl sites for hydroxylation is 1. The summed E-state index contributed by atoms with van der Waals surface area (Å²) in [6.07, 6.45) is 0.947. The Morgan fingerprint density at radius 3 is 2.47 bits per heavy atom. The van der Waals surface area contributed by atoms with Crippen molar-refractivity contribution in [3.8, 4) is 0 Å². The third-order valence-corrected chi connectivity index (χ3v) is 3.41. The molecular weight excluding hydrogens is 323 g/mol. The number of hydrogen-bond acceptors (Lipinski definition) is 2. The first-order valence-electron chi connectivity index (χ1n) is 5.88. The monoisotopic (exact) mass is 340 g/mol. The van der Waals surface area contributed by atoms with Crippen LogP contribution < -0.4 is 0 Å². The number of nitrogens with zero attached hydrogens (tertiary/aromatic N) is 2. The van der Waals surface area contributed by atoms with E-state index in [1.54, 1.807) is 0 Å². The second kappa shape index (κ2) is 4.52. The molecule has 90 valence electrons. The number of aromatic nitrogens is 2. The van der Waals surface area contributed by atoms with Crippen molar-refractivity contribution in [1.29, 1.82) is 0 Å². The van der Waals surface area contributed by atoms with Crippen LogP contribution in [0.2, 0.25) is 0 Å². The van der Waals surface area contributed by atoms with Gasteiger partial charge in [-0.2, -0.15) is 0 Å². The van der Waals surface area contributed by atoms with Crippen LogP contribution in [0.3, 0.4) is 0 Å². The summed E-state index contributed by atoms with van der Waals surface area (Å²) in [5.41, 5.74) is 2.21. The van der Waals surface area contributed by atoms with Gasteiger partial charge in [0.05, 0.1) is 11.2 Å². The highest BCUT2D eigenvalue weighted by molar-refractivity contribution is 14.1. The molecule has 0 unspecified atom stereocenters. The number of hydrogen-bond donors (Lipinski definition) is 0. The minimum Gasteiger partial charge on any atom is -0.237 e. The maximum atomic E-state index is 4.72. The average molecular weight is 340 g/mol. The maximum absolute atomic E-state index is 4.72. The molecule has 0 saturated carbocycles. The second-order valence-electron chi connectivity index (χ2n) is 5.26. The molecule has 17 heavy (non-hydrogen) atoms. The quantitative estimate of drug-likeness (QED) is 0.731. The van der Waals surface area contributed by atoms with E-state index >= 15 is 0 Å². The average Bonchev–Trinajstić information content (AvgIpc) is 2.26. The van der Waals surface area contributed by atoms with Gasteiger partial charge in [-0.15, -0.1) is 0 Å². The number of benzene rings is 1. The first-order chi connectivity index (χ1) is 7.91. The van der Waals surface area contributed by atoms with Crippen LogP contribution in [0, 0.1) is 3.57 Å². The summed E-state index contributed by atoms with van der Waals surface area (Å²) in [6, 6.07) is 6.36. The van der Waals surface area contributed by atoms with Gasteiger partial charge in [0.2, 0.25) is 0 Å². The van der Waals surface area contributed by atoms with Crippen molar-refractivity contribution in [2.24, 2.45) is 0 Å². The normalized spacial score (nSPS) is 12.1. The third-order valence-electron chi connectivity index (χ3n) is 2.74. The number of fused-ring (bicyclic) bond motifs is 1. The van der Waals surface area contributed by atoms with Crippen molar-refractivity contribution >= 4 is 33.5 Å². The first-order valence-corrected chi connectivity index (χ1v) is 6.96. The molecule has 0 N–H and O–H groups in total. The summed E-state index contributed by atoms with van der Waals surface area (Å²) >= 11 is 2.33. The lowest BCUT2D eigenvalue weighted by Gasteiger charge is -2.18. The van der Waals surface area contributed by atoms with Crippen LogP contribution in [0.25, 0.3) is 10.9 Å². The van der Waals surface area contributed by atoms with Gasteiger partial charge in [0.25, 0.3) is 0 Å². The predicted molar refractivity (Wildman–Crippen MR) is 80.3 cm³/mol. The summed E-state index contributed by atoms with van der Waals surface area (Å²) in [5.74, 6) is 0.933. The van der Waals surface area contributed by atoms with Gasteiger partial charge in [-0.1, -0.05) is 27.7 Å².